The number of hydrogen-bond donors (Lipinski definition) is 1. The predicted octanol–water partition coefficient (Wildman–Crippen LogP) is 1.37. The van der Waals surface area contributed by atoms with Crippen LogP contribution in [0.2, 0.25) is 0 Å². The van der Waals surface area contributed by atoms with Gasteiger partial charge in [-0.2, -0.15) is 5.10 Å². The zero-order chi connectivity index (χ0) is 9.14. The number of aromatic nitrogens is 2. The first kappa shape index (κ1) is 9.25. The Labute approximate surface area is 78.3 Å². The van der Waals surface area contributed by atoms with Crippen molar-refractivity contribution in [1.29, 1.82) is 0 Å². The molecular formula is C7H9BrN2O2. The molecule has 0 bridgehead atoms. The van der Waals surface area contributed by atoms with Crippen molar-refractivity contribution in [1.82, 2.24) is 9.78 Å². The molecule has 0 aliphatic rings. The number of carboxylic acids is 1. The van der Waals surface area contributed by atoms with E-state index in [0.717, 1.165) is 4.47 Å². The first-order valence-electron chi connectivity index (χ1n) is 3.50. The van der Waals surface area contributed by atoms with Gasteiger partial charge in [-0.1, -0.05) is 6.92 Å². The number of halogens is 1. The van der Waals surface area contributed by atoms with Crippen LogP contribution in [-0.4, -0.2) is 20.9 Å². The zero-order valence-electron chi connectivity index (χ0n) is 6.57. The van der Waals surface area contributed by atoms with E-state index in [9.17, 15) is 4.79 Å². The molecule has 1 aromatic rings. The summed E-state index contributed by atoms with van der Waals surface area (Å²) in [5.74, 6) is -1.21. The maximum Gasteiger partial charge on any atom is 0.308 e. The first-order valence-corrected chi connectivity index (χ1v) is 4.29. The summed E-state index contributed by atoms with van der Waals surface area (Å²) in [6.45, 7) is 2.05. The first-order chi connectivity index (χ1) is 5.59. The average Bonchev–Trinajstić information content (AvgIpc) is 2.35. The van der Waals surface area contributed by atoms with E-state index in [1.54, 1.807) is 24.0 Å². The van der Waals surface area contributed by atoms with Gasteiger partial charge >= 0.3 is 5.97 Å². The Morgan fingerprint density at radius 2 is 2.58 bits per heavy atom. The molecule has 0 unspecified atom stereocenters. The lowest BCUT2D eigenvalue weighted by molar-refractivity contribution is -0.141. The van der Waals surface area contributed by atoms with Gasteiger partial charge in [-0.25, -0.2) is 0 Å². The summed E-state index contributed by atoms with van der Waals surface area (Å²) >= 11 is 3.23. The molecule has 1 aromatic heterocycles. The highest BCUT2D eigenvalue weighted by atomic mass is 79.9. The van der Waals surface area contributed by atoms with Gasteiger partial charge in [0.1, 0.15) is 0 Å². The number of carbonyl (C=O) groups is 1. The van der Waals surface area contributed by atoms with Crippen molar-refractivity contribution in [3.8, 4) is 0 Å². The second-order valence-electron chi connectivity index (χ2n) is 2.62. The number of carboxylic acid groups (broad SMARTS) is 1. The third-order valence-electron chi connectivity index (χ3n) is 1.48. The number of aliphatic carboxylic acids is 1. The summed E-state index contributed by atoms with van der Waals surface area (Å²) in [5.41, 5.74) is 0. The van der Waals surface area contributed by atoms with Gasteiger partial charge < -0.3 is 5.11 Å². The third kappa shape index (κ3) is 2.34. The Hall–Kier alpha value is -0.840. The second-order valence-corrected chi connectivity index (χ2v) is 3.54. The molecule has 0 amide bonds. The van der Waals surface area contributed by atoms with Crippen molar-refractivity contribution >= 4 is 21.9 Å². The summed E-state index contributed by atoms with van der Waals surface area (Å²) in [6.07, 6.45) is 3.38. The molecule has 0 fully saturated rings. The van der Waals surface area contributed by atoms with Crippen LogP contribution in [0.15, 0.2) is 16.9 Å². The highest BCUT2D eigenvalue weighted by Crippen LogP contribution is 2.08. The smallest absolute Gasteiger partial charge is 0.308 e. The van der Waals surface area contributed by atoms with Gasteiger partial charge in [-0.15, -0.1) is 0 Å². The lowest BCUT2D eigenvalue weighted by Crippen LogP contribution is -2.16. The molecule has 12 heavy (non-hydrogen) atoms. The van der Waals surface area contributed by atoms with Crippen LogP contribution in [0.1, 0.15) is 6.92 Å². The van der Waals surface area contributed by atoms with Crippen LogP contribution in [-0.2, 0) is 11.3 Å². The molecule has 1 heterocycles. The molecule has 66 valence electrons. The molecule has 0 radical (unpaired) electrons. The van der Waals surface area contributed by atoms with Gasteiger partial charge in [0.15, 0.2) is 0 Å². The Kier molecular flexibility index (Phi) is 2.86. The summed E-state index contributed by atoms with van der Waals surface area (Å²) < 4.78 is 2.46. The highest BCUT2D eigenvalue weighted by Gasteiger charge is 2.11. The van der Waals surface area contributed by atoms with Crippen LogP contribution in [0.3, 0.4) is 0 Å². The maximum atomic E-state index is 10.5. The quantitative estimate of drug-likeness (QED) is 0.857. The van der Waals surface area contributed by atoms with E-state index < -0.39 is 11.9 Å². The van der Waals surface area contributed by atoms with Crippen molar-refractivity contribution in [2.45, 2.75) is 13.5 Å². The van der Waals surface area contributed by atoms with Crippen LogP contribution in [0.25, 0.3) is 0 Å². The van der Waals surface area contributed by atoms with Gasteiger partial charge in [-0.05, 0) is 15.9 Å². The van der Waals surface area contributed by atoms with Crippen molar-refractivity contribution in [3.05, 3.63) is 16.9 Å². The van der Waals surface area contributed by atoms with E-state index in [-0.39, 0.29) is 0 Å². The van der Waals surface area contributed by atoms with Crippen LogP contribution in [0.4, 0.5) is 0 Å². The van der Waals surface area contributed by atoms with E-state index in [0.29, 0.717) is 6.54 Å². The van der Waals surface area contributed by atoms with E-state index in [4.69, 9.17) is 5.11 Å². The minimum Gasteiger partial charge on any atom is -0.481 e. The molecule has 4 nitrogen and oxygen atoms in total. The fourth-order valence-electron chi connectivity index (χ4n) is 0.797. The Balaban J connectivity index is 2.58. The number of nitrogens with zero attached hydrogens (tertiary/aromatic N) is 2. The largest absolute Gasteiger partial charge is 0.481 e. The summed E-state index contributed by atoms with van der Waals surface area (Å²) in [4.78, 5) is 10.5. The zero-order valence-corrected chi connectivity index (χ0v) is 8.15. The molecule has 0 aliphatic carbocycles. The van der Waals surface area contributed by atoms with Crippen molar-refractivity contribution in [2.75, 3.05) is 0 Å². The predicted molar refractivity (Wildman–Crippen MR) is 46.7 cm³/mol. The second kappa shape index (κ2) is 3.71. The maximum absolute atomic E-state index is 10.5. The van der Waals surface area contributed by atoms with Crippen molar-refractivity contribution < 1.29 is 9.90 Å². The molecule has 0 saturated heterocycles. The van der Waals surface area contributed by atoms with Crippen LogP contribution in [0, 0.1) is 5.92 Å². The van der Waals surface area contributed by atoms with E-state index in [1.807, 2.05) is 0 Å². The van der Waals surface area contributed by atoms with Gasteiger partial charge in [0.05, 0.1) is 23.1 Å². The van der Waals surface area contributed by atoms with E-state index >= 15 is 0 Å². The van der Waals surface area contributed by atoms with Crippen LogP contribution < -0.4 is 0 Å². The fourth-order valence-corrected chi connectivity index (χ4v) is 1.12. The van der Waals surface area contributed by atoms with E-state index in [2.05, 4.69) is 21.0 Å². The standard InChI is InChI=1S/C7H9BrN2O2/c1-5(7(11)12)3-10-4-6(8)2-9-10/h2,4-5H,3H2,1H3,(H,11,12)/t5-/m0/s1. The van der Waals surface area contributed by atoms with Crippen molar-refractivity contribution in [2.24, 2.45) is 5.92 Å². The molecule has 1 rings (SSSR count). The number of rotatable bonds is 3. The summed E-state index contributed by atoms with van der Waals surface area (Å²) in [6, 6.07) is 0. The molecule has 0 aromatic carbocycles. The molecule has 0 saturated carbocycles. The lowest BCUT2D eigenvalue weighted by atomic mass is 10.2. The Morgan fingerprint density at radius 1 is 1.92 bits per heavy atom. The molecule has 0 spiro atoms. The normalized spacial score (nSPS) is 12.8. The van der Waals surface area contributed by atoms with Gasteiger partial charge in [0, 0.05) is 6.20 Å². The minimum atomic E-state index is -0.804. The lowest BCUT2D eigenvalue weighted by Gasteiger charge is -2.04. The Bertz CT molecular complexity index is 285. The monoisotopic (exact) mass is 232 g/mol. The SMILES string of the molecule is C[C@@H](Cn1cc(Br)cn1)C(=O)O. The number of hydrogen-bond acceptors (Lipinski definition) is 2. The summed E-state index contributed by atoms with van der Waals surface area (Å²) in [5, 5.41) is 12.5. The Morgan fingerprint density at radius 3 is 3.00 bits per heavy atom. The van der Waals surface area contributed by atoms with Gasteiger partial charge in [-0.3, -0.25) is 9.48 Å². The molecule has 5 heteroatoms. The third-order valence-corrected chi connectivity index (χ3v) is 1.89. The van der Waals surface area contributed by atoms with Gasteiger partial charge in [0.2, 0.25) is 0 Å². The highest BCUT2D eigenvalue weighted by molar-refractivity contribution is 9.10. The minimum absolute atomic E-state index is 0.404. The van der Waals surface area contributed by atoms with Crippen LogP contribution >= 0.6 is 15.9 Å². The average molecular weight is 233 g/mol. The van der Waals surface area contributed by atoms with Crippen LogP contribution in [0.5, 0.6) is 0 Å². The van der Waals surface area contributed by atoms with E-state index in [1.165, 1.54) is 0 Å². The summed E-state index contributed by atoms with van der Waals surface area (Å²) in [7, 11) is 0. The fraction of sp³-hybridized carbons (Fsp3) is 0.429. The molecular weight excluding hydrogens is 224 g/mol. The molecule has 1 N–H and O–H groups in total. The topological polar surface area (TPSA) is 55.1 Å². The molecule has 0 aliphatic heterocycles. The van der Waals surface area contributed by atoms with Crippen molar-refractivity contribution in [3.63, 3.8) is 0 Å². The molecule has 1 atom stereocenters. The van der Waals surface area contributed by atoms with Gasteiger partial charge in [0.25, 0.3) is 0 Å².